The van der Waals surface area contributed by atoms with Gasteiger partial charge in [-0.05, 0) is 44.7 Å². The van der Waals surface area contributed by atoms with E-state index in [4.69, 9.17) is 21.4 Å². The average Bonchev–Trinajstić information content (AvgIpc) is 2.50. The molecule has 0 aromatic heterocycles. The highest BCUT2D eigenvalue weighted by Gasteiger charge is 2.28. The molecule has 6 heteroatoms. The highest BCUT2D eigenvalue weighted by atomic mass is 35.5. The number of benzene rings is 1. The maximum Gasteiger partial charge on any atom is 0.306 e. The number of para-hydroxylation sites is 1. The summed E-state index contributed by atoms with van der Waals surface area (Å²) >= 11 is 6.00. The fraction of sp³-hybridized carbons (Fsp3) is 0.500. The van der Waals surface area contributed by atoms with Gasteiger partial charge < -0.3 is 15.2 Å². The van der Waals surface area contributed by atoms with Crippen LogP contribution in [0, 0.1) is 5.92 Å². The van der Waals surface area contributed by atoms with Crippen molar-refractivity contribution in [3.8, 4) is 5.75 Å². The van der Waals surface area contributed by atoms with E-state index in [0.717, 1.165) is 0 Å². The van der Waals surface area contributed by atoms with E-state index in [-0.39, 0.29) is 17.9 Å². The maximum absolute atomic E-state index is 12.1. The summed E-state index contributed by atoms with van der Waals surface area (Å²) in [7, 11) is 0. The van der Waals surface area contributed by atoms with Crippen LogP contribution >= 0.6 is 11.6 Å². The number of amides is 1. The van der Waals surface area contributed by atoms with Gasteiger partial charge in [0.25, 0.3) is 5.91 Å². The Hall–Kier alpha value is -1.75. The number of carbonyl (C=O) groups is 2. The summed E-state index contributed by atoms with van der Waals surface area (Å²) in [5.41, 5.74) is 0. The third-order valence-electron chi connectivity index (χ3n) is 3.93. The van der Waals surface area contributed by atoms with Crippen LogP contribution in [0.1, 0.15) is 32.6 Å². The SMILES string of the molecule is CC(Oc1ccccc1Cl)C(=O)NC1CCC(C(=O)O)CC1. The minimum absolute atomic E-state index is 0.0143. The molecule has 22 heavy (non-hydrogen) atoms. The Bertz CT molecular complexity index is 541. The van der Waals surface area contributed by atoms with Crippen LogP contribution in [0.2, 0.25) is 5.02 Å². The molecule has 1 aromatic carbocycles. The number of nitrogens with one attached hydrogen (secondary N) is 1. The first-order valence-electron chi connectivity index (χ1n) is 7.41. The molecule has 0 saturated heterocycles. The summed E-state index contributed by atoms with van der Waals surface area (Å²) in [6, 6.07) is 7.01. The van der Waals surface area contributed by atoms with E-state index >= 15 is 0 Å². The second-order valence-corrected chi connectivity index (χ2v) is 5.99. The molecule has 1 fully saturated rings. The van der Waals surface area contributed by atoms with Gasteiger partial charge in [0.05, 0.1) is 10.9 Å². The maximum atomic E-state index is 12.1. The van der Waals surface area contributed by atoms with Crippen LogP contribution in [0.15, 0.2) is 24.3 Å². The van der Waals surface area contributed by atoms with E-state index in [1.54, 1.807) is 31.2 Å². The van der Waals surface area contributed by atoms with Gasteiger partial charge in [-0.25, -0.2) is 0 Å². The van der Waals surface area contributed by atoms with Gasteiger partial charge in [-0.2, -0.15) is 0 Å². The molecule has 1 aliphatic rings. The summed E-state index contributed by atoms with van der Waals surface area (Å²) in [5, 5.41) is 12.3. The van der Waals surface area contributed by atoms with Crippen molar-refractivity contribution in [2.45, 2.75) is 44.8 Å². The Kier molecular flexibility index (Phi) is 5.66. The molecule has 1 unspecified atom stereocenters. The third-order valence-corrected chi connectivity index (χ3v) is 4.24. The lowest BCUT2D eigenvalue weighted by molar-refractivity contribution is -0.142. The van der Waals surface area contributed by atoms with Crippen molar-refractivity contribution in [1.29, 1.82) is 0 Å². The number of carboxylic acids is 1. The lowest BCUT2D eigenvalue weighted by Crippen LogP contribution is -2.44. The van der Waals surface area contributed by atoms with Crippen molar-refractivity contribution >= 4 is 23.5 Å². The predicted octanol–water partition coefficient (Wildman–Crippen LogP) is 2.87. The standard InChI is InChI=1S/C16H20ClNO4/c1-10(22-14-5-3-2-4-13(14)17)15(19)18-12-8-6-11(7-9-12)16(20)21/h2-5,10-12H,6-9H2,1H3,(H,18,19)(H,20,21). The van der Waals surface area contributed by atoms with Crippen molar-refractivity contribution in [2.75, 3.05) is 0 Å². The van der Waals surface area contributed by atoms with Crippen LogP contribution in [0.25, 0.3) is 0 Å². The summed E-state index contributed by atoms with van der Waals surface area (Å²) < 4.78 is 5.57. The number of carboxylic acid groups (broad SMARTS) is 1. The van der Waals surface area contributed by atoms with Gasteiger partial charge in [-0.3, -0.25) is 9.59 Å². The van der Waals surface area contributed by atoms with Crippen molar-refractivity contribution in [1.82, 2.24) is 5.32 Å². The van der Waals surface area contributed by atoms with Crippen LogP contribution in [0.4, 0.5) is 0 Å². The Balaban J connectivity index is 1.82. The van der Waals surface area contributed by atoms with Gasteiger partial charge in [0, 0.05) is 6.04 Å². The molecular formula is C16H20ClNO4. The Morgan fingerprint density at radius 1 is 1.27 bits per heavy atom. The molecule has 1 aliphatic carbocycles. The Labute approximate surface area is 134 Å². The minimum Gasteiger partial charge on any atom is -0.481 e. The number of aliphatic carboxylic acids is 1. The molecule has 5 nitrogen and oxygen atoms in total. The molecule has 0 radical (unpaired) electrons. The van der Waals surface area contributed by atoms with Crippen molar-refractivity contribution in [2.24, 2.45) is 5.92 Å². The Morgan fingerprint density at radius 3 is 2.50 bits per heavy atom. The fourth-order valence-electron chi connectivity index (χ4n) is 2.59. The number of hydrogen-bond donors (Lipinski definition) is 2. The lowest BCUT2D eigenvalue weighted by atomic mass is 9.86. The Morgan fingerprint density at radius 2 is 1.91 bits per heavy atom. The fourth-order valence-corrected chi connectivity index (χ4v) is 2.77. The predicted molar refractivity (Wildman–Crippen MR) is 83.1 cm³/mol. The van der Waals surface area contributed by atoms with Gasteiger partial charge in [-0.1, -0.05) is 23.7 Å². The van der Waals surface area contributed by atoms with Gasteiger partial charge in [0.15, 0.2) is 6.10 Å². The van der Waals surface area contributed by atoms with Crippen LogP contribution in [-0.4, -0.2) is 29.1 Å². The topological polar surface area (TPSA) is 75.6 Å². The molecule has 2 rings (SSSR count). The number of rotatable bonds is 5. The zero-order valence-electron chi connectivity index (χ0n) is 12.4. The second-order valence-electron chi connectivity index (χ2n) is 5.59. The molecule has 1 amide bonds. The number of ether oxygens (including phenoxy) is 1. The molecule has 1 aromatic rings. The third kappa shape index (κ3) is 4.37. The molecule has 0 bridgehead atoms. The van der Waals surface area contributed by atoms with Crippen molar-refractivity contribution < 1.29 is 19.4 Å². The van der Waals surface area contributed by atoms with Crippen molar-refractivity contribution in [3.63, 3.8) is 0 Å². The molecule has 1 atom stereocenters. The minimum atomic E-state index is -0.750. The zero-order valence-corrected chi connectivity index (χ0v) is 13.2. The first-order chi connectivity index (χ1) is 10.5. The van der Waals surface area contributed by atoms with Crippen molar-refractivity contribution in [3.05, 3.63) is 29.3 Å². The highest BCUT2D eigenvalue weighted by molar-refractivity contribution is 6.32. The molecule has 120 valence electrons. The highest BCUT2D eigenvalue weighted by Crippen LogP contribution is 2.26. The molecule has 0 spiro atoms. The van der Waals surface area contributed by atoms with Crippen LogP contribution in [-0.2, 0) is 9.59 Å². The molecule has 1 saturated carbocycles. The quantitative estimate of drug-likeness (QED) is 0.872. The van der Waals surface area contributed by atoms with E-state index in [1.807, 2.05) is 0 Å². The normalized spacial score (nSPS) is 22.6. The molecular weight excluding hydrogens is 306 g/mol. The van der Waals surface area contributed by atoms with Crippen LogP contribution in [0.3, 0.4) is 0 Å². The molecule has 0 aliphatic heterocycles. The second kappa shape index (κ2) is 7.49. The summed E-state index contributed by atoms with van der Waals surface area (Å²) in [5.74, 6) is -0.773. The summed E-state index contributed by atoms with van der Waals surface area (Å²) in [6.07, 6.45) is 1.90. The molecule has 0 heterocycles. The first kappa shape index (κ1) is 16.6. The van der Waals surface area contributed by atoms with Gasteiger partial charge in [0.2, 0.25) is 0 Å². The summed E-state index contributed by atoms with van der Waals surface area (Å²) in [6.45, 7) is 1.67. The van der Waals surface area contributed by atoms with Gasteiger partial charge in [-0.15, -0.1) is 0 Å². The zero-order chi connectivity index (χ0) is 16.1. The van der Waals surface area contributed by atoms with Crippen LogP contribution < -0.4 is 10.1 Å². The first-order valence-corrected chi connectivity index (χ1v) is 7.79. The van der Waals surface area contributed by atoms with E-state index in [0.29, 0.717) is 36.5 Å². The van der Waals surface area contributed by atoms with E-state index in [1.165, 1.54) is 0 Å². The van der Waals surface area contributed by atoms with E-state index < -0.39 is 12.1 Å². The monoisotopic (exact) mass is 325 g/mol. The van der Waals surface area contributed by atoms with Gasteiger partial charge in [0.1, 0.15) is 5.75 Å². The number of hydrogen-bond acceptors (Lipinski definition) is 3. The average molecular weight is 326 g/mol. The number of halogens is 1. The van der Waals surface area contributed by atoms with Gasteiger partial charge >= 0.3 is 5.97 Å². The molecule has 2 N–H and O–H groups in total. The van der Waals surface area contributed by atoms with Crippen LogP contribution in [0.5, 0.6) is 5.75 Å². The lowest BCUT2D eigenvalue weighted by Gasteiger charge is -2.28. The largest absolute Gasteiger partial charge is 0.481 e. The van der Waals surface area contributed by atoms with E-state index in [9.17, 15) is 9.59 Å². The smallest absolute Gasteiger partial charge is 0.306 e. The van der Waals surface area contributed by atoms with E-state index in [2.05, 4.69) is 5.32 Å². The number of carbonyl (C=O) groups excluding carboxylic acids is 1. The summed E-state index contributed by atoms with van der Waals surface area (Å²) in [4.78, 5) is 23.1.